The van der Waals surface area contributed by atoms with Crippen LogP contribution in [0.25, 0.3) is 0 Å². The molecule has 2 aromatic carbocycles. The average molecular weight is 437 g/mol. The van der Waals surface area contributed by atoms with Crippen LogP contribution in [0.2, 0.25) is 10.0 Å². The Morgan fingerprint density at radius 1 is 1.07 bits per heavy atom. The minimum absolute atomic E-state index is 0.0248. The van der Waals surface area contributed by atoms with Gasteiger partial charge in [-0.15, -0.1) is 0 Å². The van der Waals surface area contributed by atoms with Crippen molar-refractivity contribution in [2.75, 3.05) is 6.61 Å². The maximum atomic E-state index is 13.0. The first-order chi connectivity index (χ1) is 13.8. The molecule has 0 saturated carbocycles. The molecule has 2 aromatic rings. The summed E-state index contributed by atoms with van der Waals surface area (Å²) in [5.74, 6) is -0.100. The molecule has 7 heteroatoms. The monoisotopic (exact) mass is 436 g/mol. The van der Waals surface area contributed by atoms with Gasteiger partial charge in [-0.1, -0.05) is 54.4 Å². The SMILES string of the molecule is CCC(C)NC(=O)C(C)N(Cc1ccc(Cl)cc1)C(=O)COc1ccccc1Cl. The van der Waals surface area contributed by atoms with Gasteiger partial charge in [-0.05, 0) is 50.1 Å². The Balaban J connectivity index is 2.15. The molecule has 0 radical (unpaired) electrons. The summed E-state index contributed by atoms with van der Waals surface area (Å²) >= 11 is 12.0. The molecule has 0 heterocycles. The van der Waals surface area contributed by atoms with E-state index in [-0.39, 0.29) is 31.0 Å². The quantitative estimate of drug-likeness (QED) is 0.619. The van der Waals surface area contributed by atoms with E-state index in [2.05, 4.69) is 5.32 Å². The second-order valence-electron chi connectivity index (χ2n) is 6.86. The predicted octanol–water partition coefficient (Wildman–Crippen LogP) is 4.70. The summed E-state index contributed by atoms with van der Waals surface area (Å²) in [6.07, 6.45) is 0.805. The van der Waals surface area contributed by atoms with Crippen molar-refractivity contribution in [1.82, 2.24) is 10.2 Å². The van der Waals surface area contributed by atoms with E-state index in [0.29, 0.717) is 15.8 Å². The summed E-state index contributed by atoms with van der Waals surface area (Å²) in [4.78, 5) is 27.1. The first kappa shape index (κ1) is 23.0. The van der Waals surface area contributed by atoms with E-state index >= 15 is 0 Å². The fourth-order valence-electron chi connectivity index (χ4n) is 2.62. The average Bonchev–Trinajstić information content (AvgIpc) is 2.71. The molecule has 0 aliphatic heterocycles. The largest absolute Gasteiger partial charge is 0.482 e. The summed E-state index contributed by atoms with van der Waals surface area (Å²) < 4.78 is 5.59. The molecule has 29 heavy (non-hydrogen) atoms. The molecule has 0 bridgehead atoms. The van der Waals surface area contributed by atoms with Gasteiger partial charge in [-0.25, -0.2) is 0 Å². The molecule has 156 valence electrons. The number of ether oxygens (including phenoxy) is 1. The van der Waals surface area contributed by atoms with Crippen LogP contribution in [0.1, 0.15) is 32.8 Å². The van der Waals surface area contributed by atoms with Gasteiger partial charge < -0.3 is 15.0 Å². The highest BCUT2D eigenvalue weighted by molar-refractivity contribution is 6.32. The van der Waals surface area contributed by atoms with Crippen molar-refractivity contribution in [1.29, 1.82) is 0 Å². The smallest absolute Gasteiger partial charge is 0.261 e. The second-order valence-corrected chi connectivity index (χ2v) is 7.70. The van der Waals surface area contributed by atoms with Crippen LogP contribution in [0, 0.1) is 0 Å². The van der Waals surface area contributed by atoms with Gasteiger partial charge in [-0.3, -0.25) is 9.59 Å². The first-order valence-corrected chi connectivity index (χ1v) is 10.3. The number of nitrogens with one attached hydrogen (secondary N) is 1. The molecule has 2 unspecified atom stereocenters. The molecular weight excluding hydrogens is 411 g/mol. The lowest BCUT2D eigenvalue weighted by Crippen LogP contribution is -2.50. The van der Waals surface area contributed by atoms with Crippen LogP contribution < -0.4 is 10.1 Å². The third kappa shape index (κ3) is 6.94. The van der Waals surface area contributed by atoms with Crippen LogP contribution in [0.5, 0.6) is 5.75 Å². The number of hydrogen-bond donors (Lipinski definition) is 1. The standard InChI is InChI=1S/C22H26Cl2N2O3/c1-4-15(2)25-22(28)16(3)26(13-17-9-11-18(23)12-10-17)21(27)14-29-20-8-6-5-7-19(20)24/h5-12,15-16H,4,13-14H2,1-3H3,(H,25,28). The van der Waals surface area contributed by atoms with E-state index in [1.165, 1.54) is 4.90 Å². The molecule has 0 fully saturated rings. The zero-order valence-electron chi connectivity index (χ0n) is 16.8. The highest BCUT2D eigenvalue weighted by Crippen LogP contribution is 2.23. The van der Waals surface area contributed by atoms with Crippen molar-refractivity contribution in [2.45, 2.75) is 45.8 Å². The molecular formula is C22H26Cl2N2O3. The van der Waals surface area contributed by atoms with Crippen molar-refractivity contribution in [3.05, 3.63) is 64.1 Å². The van der Waals surface area contributed by atoms with Gasteiger partial charge >= 0.3 is 0 Å². The first-order valence-electron chi connectivity index (χ1n) is 9.53. The van der Waals surface area contributed by atoms with Crippen molar-refractivity contribution in [2.24, 2.45) is 0 Å². The van der Waals surface area contributed by atoms with E-state index in [9.17, 15) is 9.59 Å². The molecule has 2 amide bonds. The Kier molecular flexibility index (Phi) is 8.80. The van der Waals surface area contributed by atoms with Crippen LogP contribution in [0.15, 0.2) is 48.5 Å². The number of nitrogens with zero attached hydrogens (tertiary/aromatic N) is 1. The van der Waals surface area contributed by atoms with Crippen LogP contribution in [0.4, 0.5) is 0 Å². The lowest BCUT2D eigenvalue weighted by molar-refractivity contribution is -0.142. The van der Waals surface area contributed by atoms with E-state index in [0.717, 1.165) is 12.0 Å². The van der Waals surface area contributed by atoms with Gasteiger partial charge in [-0.2, -0.15) is 0 Å². The Labute approximate surface area is 181 Å². The van der Waals surface area contributed by atoms with Crippen molar-refractivity contribution >= 4 is 35.0 Å². The minimum atomic E-state index is -0.665. The molecule has 2 rings (SSSR count). The molecule has 0 spiro atoms. The Morgan fingerprint density at radius 3 is 2.34 bits per heavy atom. The van der Waals surface area contributed by atoms with Crippen molar-refractivity contribution < 1.29 is 14.3 Å². The summed E-state index contributed by atoms with van der Waals surface area (Å²) in [5.41, 5.74) is 0.865. The number of benzene rings is 2. The Hall–Kier alpha value is -2.24. The maximum Gasteiger partial charge on any atom is 0.261 e. The molecule has 2 atom stereocenters. The van der Waals surface area contributed by atoms with Crippen LogP contribution in [0.3, 0.4) is 0 Å². The van der Waals surface area contributed by atoms with Gasteiger partial charge in [0, 0.05) is 17.6 Å². The normalized spacial score (nSPS) is 12.7. The maximum absolute atomic E-state index is 13.0. The number of carbonyl (C=O) groups excluding carboxylic acids is 2. The second kappa shape index (κ2) is 11.1. The molecule has 0 aliphatic carbocycles. The zero-order valence-corrected chi connectivity index (χ0v) is 18.3. The van der Waals surface area contributed by atoms with Gasteiger partial charge in [0.15, 0.2) is 6.61 Å². The number of carbonyl (C=O) groups is 2. The van der Waals surface area contributed by atoms with Gasteiger partial charge in [0.2, 0.25) is 5.91 Å². The topological polar surface area (TPSA) is 58.6 Å². The van der Waals surface area contributed by atoms with Gasteiger partial charge in [0.1, 0.15) is 11.8 Å². The number of halogens is 2. The summed E-state index contributed by atoms with van der Waals surface area (Å²) in [5, 5.41) is 3.96. The molecule has 5 nitrogen and oxygen atoms in total. The summed E-state index contributed by atoms with van der Waals surface area (Å²) in [6.45, 7) is 5.66. The van der Waals surface area contributed by atoms with Crippen molar-refractivity contribution in [3.63, 3.8) is 0 Å². The highest BCUT2D eigenvalue weighted by Gasteiger charge is 2.27. The minimum Gasteiger partial charge on any atom is -0.482 e. The number of hydrogen-bond acceptors (Lipinski definition) is 3. The summed E-state index contributed by atoms with van der Waals surface area (Å²) in [6, 6.07) is 13.5. The number of rotatable bonds is 9. The third-order valence-electron chi connectivity index (χ3n) is 4.62. The van der Waals surface area contributed by atoms with Gasteiger partial charge in [0.05, 0.1) is 5.02 Å². The lowest BCUT2D eigenvalue weighted by atomic mass is 10.1. The fourth-order valence-corrected chi connectivity index (χ4v) is 2.94. The summed E-state index contributed by atoms with van der Waals surface area (Å²) in [7, 11) is 0. The Morgan fingerprint density at radius 2 is 1.72 bits per heavy atom. The van der Waals surface area contributed by atoms with Crippen molar-refractivity contribution in [3.8, 4) is 5.75 Å². The zero-order chi connectivity index (χ0) is 21.4. The predicted molar refractivity (Wildman–Crippen MR) is 116 cm³/mol. The van der Waals surface area contributed by atoms with E-state index in [4.69, 9.17) is 27.9 Å². The molecule has 1 N–H and O–H groups in total. The molecule has 0 saturated heterocycles. The molecule has 0 aliphatic rings. The Bertz CT molecular complexity index is 827. The number of para-hydroxylation sites is 1. The molecule has 0 aromatic heterocycles. The highest BCUT2D eigenvalue weighted by atomic mass is 35.5. The van der Waals surface area contributed by atoms with Crippen LogP contribution in [-0.2, 0) is 16.1 Å². The lowest BCUT2D eigenvalue weighted by Gasteiger charge is -2.29. The number of amides is 2. The van der Waals surface area contributed by atoms with E-state index < -0.39 is 6.04 Å². The van der Waals surface area contributed by atoms with Crippen LogP contribution >= 0.6 is 23.2 Å². The fraction of sp³-hybridized carbons (Fsp3) is 0.364. The van der Waals surface area contributed by atoms with E-state index in [1.54, 1.807) is 43.3 Å². The van der Waals surface area contributed by atoms with Crippen LogP contribution in [-0.4, -0.2) is 35.4 Å². The van der Waals surface area contributed by atoms with Gasteiger partial charge in [0.25, 0.3) is 5.91 Å². The third-order valence-corrected chi connectivity index (χ3v) is 5.19. The van der Waals surface area contributed by atoms with E-state index in [1.807, 2.05) is 26.0 Å².